The van der Waals surface area contributed by atoms with Gasteiger partial charge in [0, 0.05) is 23.7 Å². The maximum atomic E-state index is 12.9. The van der Waals surface area contributed by atoms with Crippen molar-refractivity contribution < 1.29 is 19.1 Å². The zero-order valence-electron chi connectivity index (χ0n) is 18.7. The number of piperidine rings is 1. The molecule has 31 heavy (non-hydrogen) atoms. The number of hydrogen-bond donors (Lipinski definition) is 2. The third kappa shape index (κ3) is 6.17. The van der Waals surface area contributed by atoms with Crippen LogP contribution in [0.3, 0.4) is 0 Å². The van der Waals surface area contributed by atoms with Crippen molar-refractivity contribution in [1.29, 1.82) is 0 Å². The lowest BCUT2D eigenvalue weighted by Crippen LogP contribution is -2.48. The Bertz CT molecular complexity index is 837. The number of rotatable bonds is 8. The molecule has 0 spiro atoms. The van der Waals surface area contributed by atoms with E-state index >= 15 is 0 Å². The highest BCUT2D eigenvalue weighted by Crippen LogP contribution is 2.23. The summed E-state index contributed by atoms with van der Waals surface area (Å²) < 4.78 is 5.11. The molecule has 2 aliphatic rings. The van der Waals surface area contributed by atoms with Gasteiger partial charge in [0.15, 0.2) is 5.78 Å². The lowest BCUT2D eigenvalue weighted by molar-refractivity contribution is -0.138. The lowest BCUT2D eigenvalue weighted by Gasteiger charge is -2.33. The number of esters is 1. The Morgan fingerprint density at radius 2 is 1.84 bits per heavy atom. The molecule has 0 saturated carbocycles. The SMILES string of the molecule is CCOC(=O)C1=C(CN2CCC(C(=O)c3ccc(CC(C)C)cc3)CC2)NC(=O)NC1. The zero-order valence-corrected chi connectivity index (χ0v) is 18.7. The van der Waals surface area contributed by atoms with Gasteiger partial charge in [-0.05, 0) is 50.8 Å². The average molecular weight is 428 g/mol. The van der Waals surface area contributed by atoms with Crippen LogP contribution >= 0.6 is 0 Å². The summed E-state index contributed by atoms with van der Waals surface area (Å²) in [5.41, 5.74) is 3.09. The second-order valence-corrected chi connectivity index (χ2v) is 8.69. The number of ether oxygens (including phenoxy) is 1. The smallest absolute Gasteiger partial charge is 0.337 e. The van der Waals surface area contributed by atoms with Crippen LogP contribution in [0.15, 0.2) is 35.5 Å². The van der Waals surface area contributed by atoms with Gasteiger partial charge in [-0.3, -0.25) is 9.69 Å². The third-order valence-corrected chi connectivity index (χ3v) is 5.80. The van der Waals surface area contributed by atoms with Crippen molar-refractivity contribution in [3.05, 3.63) is 46.7 Å². The molecule has 0 bridgehead atoms. The summed E-state index contributed by atoms with van der Waals surface area (Å²) in [4.78, 5) is 39.1. The van der Waals surface area contributed by atoms with Gasteiger partial charge in [0.25, 0.3) is 0 Å². The fourth-order valence-corrected chi connectivity index (χ4v) is 4.17. The van der Waals surface area contributed by atoms with Gasteiger partial charge in [-0.25, -0.2) is 9.59 Å². The first kappa shape index (κ1) is 23.0. The molecule has 0 unspecified atom stereocenters. The van der Waals surface area contributed by atoms with Crippen LogP contribution in [0, 0.1) is 11.8 Å². The maximum absolute atomic E-state index is 12.9. The molecule has 0 aromatic heterocycles. The van der Waals surface area contributed by atoms with Crippen LogP contribution in [0.5, 0.6) is 0 Å². The van der Waals surface area contributed by atoms with Crippen molar-refractivity contribution in [2.75, 3.05) is 32.8 Å². The highest BCUT2D eigenvalue weighted by molar-refractivity contribution is 5.98. The first-order valence-electron chi connectivity index (χ1n) is 11.2. The Kier molecular flexibility index (Phi) is 7.85. The fraction of sp³-hybridized carbons (Fsp3) is 0.542. The minimum atomic E-state index is -0.407. The monoisotopic (exact) mass is 427 g/mol. The Hall–Kier alpha value is -2.67. The van der Waals surface area contributed by atoms with E-state index in [-0.39, 0.29) is 30.9 Å². The van der Waals surface area contributed by atoms with E-state index < -0.39 is 5.97 Å². The number of amides is 2. The van der Waals surface area contributed by atoms with Crippen LogP contribution in [-0.2, 0) is 16.0 Å². The summed E-state index contributed by atoms with van der Waals surface area (Å²) in [7, 11) is 0. The van der Waals surface area contributed by atoms with Crippen LogP contribution in [0.25, 0.3) is 0 Å². The minimum Gasteiger partial charge on any atom is -0.463 e. The molecule has 2 amide bonds. The molecule has 2 N–H and O–H groups in total. The topological polar surface area (TPSA) is 87.7 Å². The van der Waals surface area contributed by atoms with Crippen LogP contribution < -0.4 is 10.6 Å². The molecule has 3 rings (SSSR count). The third-order valence-electron chi connectivity index (χ3n) is 5.80. The van der Waals surface area contributed by atoms with E-state index in [1.165, 1.54) is 5.56 Å². The van der Waals surface area contributed by atoms with Gasteiger partial charge in [0.05, 0.1) is 18.7 Å². The van der Waals surface area contributed by atoms with Crippen LogP contribution in [0.2, 0.25) is 0 Å². The first-order chi connectivity index (χ1) is 14.9. The first-order valence-corrected chi connectivity index (χ1v) is 11.2. The van der Waals surface area contributed by atoms with Gasteiger partial charge < -0.3 is 15.4 Å². The molecule has 1 fully saturated rings. The van der Waals surface area contributed by atoms with Crippen LogP contribution in [0.1, 0.15) is 49.5 Å². The number of carbonyl (C=O) groups is 3. The lowest BCUT2D eigenvalue weighted by atomic mass is 9.88. The molecular formula is C24H33N3O4. The number of urea groups is 1. The van der Waals surface area contributed by atoms with E-state index in [0.717, 1.165) is 37.9 Å². The minimum absolute atomic E-state index is 0.00770. The van der Waals surface area contributed by atoms with E-state index in [0.29, 0.717) is 23.7 Å². The summed E-state index contributed by atoms with van der Waals surface area (Å²) in [6.45, 7) is 8.54. The van der Waals surface area contributed by atoms with Crippen LogP contribution in [0.4, 0.5) is 4.79 Å². The quantitative estimate of drug-likeness (QED) is 0.492. The molecular weight excluding hydrogens is 394 g/mol. The number of hydrogen-bond acceptors (Lipinski definition) is 5. The number of nitrogens with one attached hydrogen (secondary N) is 2. The molecule has 0 aliphatic carbocycles. The summed E-state index contributed by atoms with van der Waals surface area (Å²) >= 11 is 0. The average Bonchev–Trinajstić information content (AvgIpc) is 2.74. The molecule has 2 heterocycles. The van der Waals surface area contributed by atoms with Crippen molar-refractivity contribution in [2.45, 2.75) is 40.0 Å². The van der Waals surface area contributed by atoms with Crippen molar-refractivity contribution >= 4 is 17.8 Å². The second kappa shape index (κ2) is 10.6. The Balaban J connectivity index is 1.57. The largest absolute Gasteiger partial charge is 0.463 e. The van der Waals surface area contributed by atoms with Gasteiger partial charge in [-0.1, -0.05) is 38.1 Å². The van der Waals surface area contributed by atoms with Crippen molar-refractivity contribution in [2.24, 2.45) is 11.8 Å². The molecule has 1 aromatic carbocycles. The van der Waals surface area contributed by atoms with Crippen molar-refractivity contribution in [3.63, 3.8) is 0 Å². The zero-order chi connectivity index (χ0) is 22.4. The predicted molar refractivity (Wildman–Crippen MR) is 119 cm³/mol. The Labute approximate surface area is 184 Å². The predicted octanol–water partition coefficient (Wildman–Crippen LogP) is 2.91. The molecule has 7 heteroatoms. The molecule has 1 aromatic rings. The Morgan fingerprint density at radius 3 is 2.45 bits per heavy atom. The van der Waals surface area contributed by atoms with E-state index in [1.54, 1.807) is 6.92 Å². The highest BCUT2D eigenvalue weighted by Gasteiger charge is 2.29. The molecule has 1 saturated heterocycles. The van der Waals surface area contributed by atoms with Crippen molar-refractivity contribution in [1.82, 2.24) is 15.5 Å². The van der Waals surface area contributed by atoms with Gasteiger partial charge in [0.1, 0.15) is 0 Å². The molecule has 0 radical (unpaired) electrons. The second-order valence-electron chi connectivity index (χ2n) is 8.69. The van der Waals surface area contributed by atoms with Crippen LogP contribution in [-0.4, -0.2) is 55.5 Å². The summed E-state index contributed by atoms with van der Waals surface area (Å²) in [6.07, 6.45) is 2.55. The summed E-state index contributed by atoms with van der Waals surface area (Å²) in [5.74, 6) is 0.400. The van der Waals surface area contributed by atoms with Gasteiger partial charge >= 0.3 is 12.0 Å². The number of Topliss-reactive ketones (excluding diaryl/α,β-unsaturated/α-hetero) is 1. The maximum Gasteiger partial charge on any atom is 0.337 e. The Morgan fingerprint density at radius 1 is 1.16 bits per heavy atom. The standard InChI is InChI=1S/C24H33N3O4/c1-4-31-23(29)20-14-25-24(30)26-21(20)15-27-11-9-19(10-12-27)22(28)18-7-5-17(6-8-18)13-16(2)3/h5-8,16,19H,4,9-15H2,1-3H3,(H2,25,26,30). The fourth-order valence-electron chi connectivity index (χ4n) is 4.17. The summed E-state index contributed by atoms with van der Waals surface area (Å²) in [5, 5.41) is 5.37. The molecule has 7 nitrogen and oxygen atoms in total. The molecule has 168 valence electrons. The number of likely N-dealkylation sites (tertiary alicyclic amines) is 1. The number of benzene rings is 1. The van der Waals surface area contributed by atoms with E-state index in [4.69, 9.17) is 4.74 Å². The molecule has 0 atom stereocenters. The van der Waals surface area contributed by atoms with E-state index in [2.05, 4.69) is 41.5 Å². The van der Waals surface area contributed by atoms with Gasteiger partial charge in [-0.2, -0.15) is 0 Å². The van der Waals surface area contributed by atoms with E-state index in [9.17, 15) is 14.4 Å². The van der Waals surface area contributed by atoms with E-state index in [1.807, 2.05) is 12.1 Å². The summed E-state index contributed by atoms with van der Waals surface area (Å²) in [6, 6.07) is 7.71. The number of carbonyl (C=O) groups excluding carboxylic acids is 3. The van der Waals surface area contributed by atoms with Gasteiger partial charge in [0.2, 0.25) is 0 Å². The highest BCUT2D eigenvalue weighted by atomic mass is 16.5. The number of ketones is 1. The van der Waals surface area contributed by atoms with Crippen molar-refractivity contribution in [3.8, 4) is 0 Å². The molecule has 2 aliphatic heterocycles. The number of nitrogens with zero attached hydrogens (tertiary/aromatic N) is 1. The van der Waals surface area contributed by atoms with Gasteiger partial charge in [-0.15, -0.1) is 0 Å². The normalized spacial score (nSPS) is 18.0.